The molecule has 0 bridgehead atoms. The van der Waals surface area contributed by atoms with Crippen LogP contribution < -0.4 is 11.5 Å². The third-order valence-corrected chi connectivity index (χ3v) is 0.895. The first-order valence-electron chi connectivity index (χ1n) is 2.97. The van der Waals surface area contributed by atoms with Crippen LogP contribution in [0.2, 0.25) is 0 Å². The second-order valence-electron chi connectivity index (χ2n) is 2.02. The molecule has 0 fully saturated rings. The van der Waals surface area contributed by atoms with Gasteiger partial charge < -0.3 is 21.7 Å². The van der Waals surface area contributed by atoms with E-state index < -0.39 is 12.1 Å². The molecule has 0 heterocycles. The van der Waals surface area contributed by atoms with Crippen LogP contribution in [0, 0.1) is 0 Å². The third-order valence-electron chi connectivity index (χ3n) is 0.895. The van der Waals surface area contributed by atoms with Gasteiger partial charge in [-0.25, -0.2) is 0 Å². The van der Waals surface area contributed by atoms with Gasteiger partial charge in [-0.15, -0.1) is 0 Å². The van der Waals surface area contributed by atoms with E-state index in [1.807, 2.05) is 0 Å². The molecular formula is C5H11N3O3. The summed E-state index contributed by atoms with van der Waals surface area (Å²) in [6.45, 7) is -0.0748. The standard InChI is InChI=1S/C5H11N3O3/c6-5(7)8-2-3(9)1-4(10)11/h3,9H,1-2H2,(H,10,11)(H4,6,7,8)/t3-/m1/s1. The van der Waals surface area contributed by atoms with E-state index >= 15 is 0 Å². The molecule has 0 aromatic rings. The number of hydrogen-bond donors (Lipinski definition) is 4. The maximum absolute atomic E-state index is 9.98. The van der Waals surface area contributed by atoms with Crippen LogP contribution >= 0.6 is 0 Å². The Kier molecular flexibility index (Phi) is 3.97. The minimum atomic E-state index is -1.08. The molecule has 6 N–H and O–H groups in total. The molecule has 0 rings (SSSR count). The van der Waals surface area contributed by atoms with Crippen molar-refractivity contribution in [3.63, 3.8) is 0 Å². The number of carbonyl (C=O) groups is 1. The molecule has 0 spiro atoms. The fourth-order valence-corrected chi connectivity index (χ4v) is 0.477. The highest BCUT2D eigenvalue weighted by molar-refractivity contribution is 5.75. The first kappa shape index (κ1) is 9.70. The van der Waals surface area contributed by atoms with E-state index in [2.05, 4.69) is 4.99 Å². The average Bonchev–Trinajstić information content (AvgIpc) is 1.82. The molecule has 6 nitrogen and oxygen atoms in total. The quantitative estimate of drug-likeness (QED) is 0.283. The van der Waals surface area contributed by atoms with Gasteiger partial charge in [0.05, 0.1) is 19.1 Å². The Morgan fingerprint density at radius 2 is 2.09 bits per heavy atom. The van der Waals surface area contributed by atoms with Gasteiger partial charge >= 0.3 is 5.97 Å². The maximum Gasteiger partial charge on any atom is 0.306 e. The number of carboxylic acid groups (broad SMARTS) is 1. The van der Waals surface area contributed by atoms with Crippen molar-refractivity contribution >= 4 is 11.9 Å². The highest BCUT2D eigenvalue weighted by atomic mass is 16.4. The predicted molar refractivity (Wildman–Crippen MR) is 38.9 cm³/mol. The summed E-state index contributed by atoms with van der Waals surface area (Å²) in [6.07, 6.45) is -1.37. The molecule has 11 heavy (non-hydrogen) atoms. The van der Waals surface area contributed by atoms with Gasteiger partial charge in [0, 0.05) is 0 Å². The Hall–Kier alpha value is -1.30. The Morgan fingerprint density at radius 3 is 2.45 bits per heavy atom. The van der Waals surface area contributed by atoms with Gasteiger partial charge in [0.15, 0.2) is 5.96 Å². The number of hydrogen-bond acceptors (Lipinski definition) is 3. The molecule has 0 aliphatic rings. The van der Waals surface area contributed by atoms with Gasteiger partial charge in [-0.1, -0.05) is 0 Å². The van der Waals surface area contributed by atoms with E-state index in [0.717, 1.165) is 0 Å². The molecule has 1 atom stereocenters. The smallest absolute Gasteiger partial charge is 0.306 e. The molecule has 0 aliphatic heterocycles. The average molecular weight is 161 g/mol. The summed E-state index contributed by atoms with van der Waals surface area (Å²) < 4.78 is 0. The van der Waals surface area contributed by atoms with Crippen LogP contribution in [-0.2, 0) is 4.79 Å². The van der Waals surface area contributed by atoms with E-state index in [1.165, 1.54) is 0 Å². The highest BCUT2D eigenvalue weighted by Crippen LogP contribution is 1.91. The second-order valence-corrected chi connectivity index (χ2v) is 2.02. The second kappa shape index (κ2) is 4.51. The molecule has 0 radical (unpaired) electrons. The molecule has 64 valence electrons. The Labute approximate surface area is 63.5 Å². The third kappa shape index (κ3) is 6.59. The van der Waals surface area contributed by atoms with Crippen LogP contribution in [0.3, 0.4) is 0 Å². The molecule has 0 unspecified atom stereocenters. The molecule has 0 aromatic heterocycles. The Balaban J connectivity index is 3.61. The highest BCUT2D eigenvalue weighted by Gasteiger charge is 2.07. The lowest BCUT2D eigenvalue weighted by Crippen LogP contribution is -2.25. The zero-order chi connectivity index (χ0) is 8.85. The zero-order valence-corrected chi connectivity index (χ0v) is 5.90. The summed E-state index contributed by atoms with van der Waals surface area (Å²) in [5.74, 6) is -1.24. The molecule has 0 amide bonds. The topological polar surface area (TPSA) is 122 Å². The van der Waals surface area contributed by atoms with E-state index in [9.17, 15) is 4.79 Å². The number of guanidine groups is 1. The molecule has 0 saturated carbocycles. The molecule has 0 saturated heterocycles. The summed E-state index contributed by atoms with van der Waals surface area (Å²) in [4.78, 5) is 13.4. The number of nitrogens with zero attached hydrogens (tertiary/aromatic N) is 1. The fraction of sp³-hybridized carbons (Fsp3) is 0.600. The first-order chi connectivity index (χ1) is 5.02. The van der Waals surface area contributed by atoms with Gasteiger partial charge in [0.25, 0.3) is 0 Å². The molecule has 6 heteroatoms. The molecule has 0 aliphatic carbocycles. The van der Waals surface area contributed by atoms with Crippen molar-refractivity contribution in [3.05, 3.63) is 0 Å². The van der Waals surface area contributed by atoms with Crippen LogP contribution in [0.4, 0.5) is 0 Å². The van der Waals surface area contributed by atoms with Gasteiger partial charge in [0.2, 0.25) is 0 Å². The number of nitrogens with two attached hydrogens (primary N) is 2. The zero-order valence-electron chi connectivity index (χ0n) is 5.90. The SMILES string of the molecule is NC(N)=NC[C@H](O)CC(=O)O. The van der Waals surface area contributed by atoms with E-state index in [4.69, 9.17) is 21.7 Å². The van der Waals surface area contributed by atoms with Crippen molar-refractivity contribution < 1.29 is 15.0 Å². The number of rotatable bonds is 4. The Bertz CT molecular complexity index is 164. The fourth-order valence-electron chi connectivity index (χ4n) is 0.477. The number of aliphatic hydroxyl groups is 1. The predicted octanol–water partition coefficient (Wildman–Crippen LogP) is -1.90. The summed E-state index contributed by atoms with van der Waals surface area (Å²) in [5, 5.41) is 17.0. The maximum atomic E-state index is 9.98. The van der Waals surface area contributed by atoms with Gasteiger partial charge in [-0.3, -0.25) is 9.79 Å². The monoisotopic (exact) mass is 161 g/mol. The van der Waals surface area contributed by atoms with E-state index in [-0.39, 0.29) is 18.9 Å². The van der Waals surface area contributed by atoms with Crippen molar-refractivity contribution in [3.8, 4) is 0 Å². The van der Waals surface area contributed by atoms with Crippen LogP contribution in [-0.4, -0.2) is 34.8 Å². The normalized spacial score (nSPS) is 12.1. The van der Waals surface area contributed by atoms with Gasteiger partial charge in [0.1, 0.15) is 0 Å². The van der Waals surface area contributed by atoms with Gasteiger partial charge in [-0.05, 0) is 0 Å². The minimum Gasteiger partial charge on any atom is -0.481 e. The largest absolute Gasteiger partial charge is 0.481 e. The lowest BCUT2D eigenvalue weighted by Gasteiger charge is -2.02. The van der Waals surface area contributed by atoms with Crippen molar-refractivity contribution in [2.45, 2.75) is 12.5 Å². The number of aliphatic imine (C=N–C) groups is 1. The summed E-state index contributed by atoms with van der Waals surface area (Å²) in [6, 6.07) is 0. The van der Waals surface area contributed by atoms with Crippen molar-refractivity contribution in [2.75, 3.05) is 6.54 Å². The van der Waals surface area contributed by atoms with Crippen LogP contribution in [0.25, 0.3) is 0 Å². The number of aliphatic carboxylic acids is 1. The summed E-state index contributed by atoms with van der Waals surface area (Å²) in [7, 11) is 0. The first-order valence-corrected chi connectivity index (χ1v) is 2.97. The van der Waals surface area contributed by atoms with Crippen LogP contribution in [0.15, 0.2) is 4.99 Å². The number of carboxylic acids is 1. The van der Waals surface area contributed by atoms with Gasteiger partial charge in [-0.2, -0.15) is 0 Å². The van der Waals surface area contributed by atoms with E-state index in [1.54, 1.807) is 0 Å². The van der Waals surface area contributed by atoms with Crippen molar-refractivity contribution in [1.82, 2.24) is 0 Å². The lowest BCUT2D eigenvalue weighted by atomic mass is 10.2. The summed E-state index contributed by atoms with van der Waals surface area (Å²) >= 11 is 0. The lowest BCUT2D eigenvalue weighted by molar-refractivity contribution is -0.139. The van der Waals surface area contributed by atoms with Crippen LogP contribution in [0.1, 0.15) is 6.42 Å². The van der Waals surface area contributed by atoms with Crippen molar-refractivity contribution in [1.29, 1.82) is 0 Å². The van der Waals surface area contributed by atoms with Crippen molar-refractivity contribution in [2.24, 2.45) is 16.5 Å². The number of aliphatic hydroxyl groups excluding tert-OH is 1. The minimum absolute atomic E-state index is 0.0748. The molecular weight excluding hydrogens is 150 g/mol. The molecule has 0 aromatic carbocycles. The van der Waals surface area contributed by atoms with Crippen LogP contribution in [0.5, 0.6) is 0 Å². The Morgan fingerprint density at radius 1 is 1.55 bits per heavy atom. The summed E-state index contributed by atoms with van der Waals surface area (Å²) in [5.41, 5.74) is 9.88. The van der Waals surface area contributed by atoms with E-state index in [0.29, 0.717) is 0 Å².